The molecule has 110 valence electrons. The summed E-state index contributed by atoms with van der Waals surface area (Å²) in [5.74, 6) is -0.619. The van der Waals surface area contributed by atoms with Crippen LogP contribution in [-0.2, 0) is 12.7 Å². The Morgan fingerprint density at radius 2 is 2.05 bits per heavy atom. The van der Waals surface area contributed by atoms with Crippen LogP contribution in [0.4, 0.5) is 13.2 Å². The summed E-state index contributed by atoms with van der Waals surface area (Å²) >= 11 is 3.07. The Kier molecular flexibility index (Phi) is 4.56. The maximum Gasteiger partial charge on any atom is 0.416 e. The minimum absolute atomic E-state index is 0.0844. The summed E-state index contributed by atoms with van der Waals surface area (Å²) < 4.78 is 38.2. The average molecular weight is 360 g/mol. The molecule has 0 aliphatic rings. The van der Waals surface area contributed by atoms with Crippen LogP contribution in [-0.4, -0.2) is 15.9 Å². The molecule has 2 rings (SSSR count). The molecule has 0 unspecified atom stereocenters. The molecule has 0 spiro atoms. The third-order valence-electron chi connectivity index (χ3n) is 2.61. The number of nitrogens with zero attached hydrogens (tertiary/aromatic N) is 2. The van der Waals surface area contributed by atoms with Crippen molar-refractivity contribution in [2.75, 3.05) is 0 Å². The van der Waals surface area contributed by atoms with E-state index in [0.29, 0.717) is 5.69 Å². The summed E-state index contributed by atoms with van der Waals surface area (Å²) in [4.78, 5) is 19.6. The molecular formula is C13H9BrF3N3O. The van der Waals surface area contributed by atoms with Crippen LogP contribution in [0.1, 0.15) is 21.6 Å². The lowest BCUT2D eigenvalue weighted by Gasteiger charge is -2.11. The Morgan fingerprint density at radius 1 is 1.29 bits per heavy atom. The van der Waals surface area contributed by atoms with Gasteiger partial charge in [-0.05, 0) is 40.2 Å². The Hall–Kier alpha value is -1.96. The van der Waals surface area contributed by atoms with Gasteiger partial charge in [-0.3, -0.25) is 4.79 Å². The first kappa shape index (κ1) is 15.4. The van der Waals surface area contributed by atoms with Gasteiger partial charge in [0.25, 0.3) is 5.91 Å². The minimum Gasteiger partial charge on any atom is -0.346 e. The van der Waals surface area contributed by atoms with Crippen LogP contribution in [0, 0.1) is 0 Å². The number of benzene rings is 1. The van der Waals surface area contributed by atoms with Crippen LogP contribution in [0.25, 0.3) is 0 Å². The van der Waals surface area contributed by atoms with Gasteiger partial charge in [-0.25, -0.2) is 9.97 Å². The van der Waals surface area contributed by atoms with E-state index < -0.39 is 17.6 Å². The van der Waals surface area contributed by atoms with Crippen molar-refractivity contribution >= 4 is 21.8 Å². The fourth-order valence-corrected chi connectivity index (χ4v) is 1.99. The van der Waals surface area contributed by atoms with Gasteiger partial charge in [0, 0.05) is 10.7 Å². The molecule has 8 heteroatoms. The summed E-state index contributed by atoms with van der Waals surface area (Å²) in [6.45, 7) is 0.101. The summed E-state index contributed by atoms with van der Waals surface area (Å²) in [5.41, 5.74) is -0.404. The van der Waals surface area contributed by atoms with E-state index in [2.05, 4.69) is 31.2 Å². The molecule has 0 saturated heterocycles. The average Bonchev–Trinajstić information content (AvgIpc) is 2.45. The quantitative estimate of drug-likeness (QED) is 0.915. The first-order chi connectivity index (χ1) is 9.88. The Bertz CT molecular complexity index is 647. The zero-order chi connectivity index (χ0) is 15.5. The van der Waals surface area contributed by atoms with Gasteiger partial charge in [0.2, 0.25) is 0 Å². The molecule has 1 amide bonds. The number of alkyl halides is 3. The highest BCUT2D eigenvalue weighted by Gasteiger charge is 2.31. The van der Waals surface area contributed by atoms with Gasteiger partial charge in [0.05, 0.1) is 23.4 Å². The molecule has 0 atom stereocenters. The van der Waals surface area contributed by atoms with Crippen LogP contribution >= 0.6 is 15.9 Å². The lowest BCUT2D eigenvalue weighted by molar-refractivity contribution is -0.137. The van der Waals surface area contributed by atoms with E-state index in [-0.39, 0.29) is 16.6 Å². The Balaban J connectivity index is 2.15. The molecule has 2 aromatic rings. The number of carbonyl (C=O) groups excluding carboxylic acids is 1. The van der Waals surface area contributed by atoms with Crippen LogP contribution in [0.15, 0.2) is 41.3 Å². The van der Waals surface area contributed by atoms with E-state index in [4.69, 9.17) is 0 Å². The van der Waals surface area contributed by atoms with Crippen LogP contribution in [0.5, 0.6) is 0 Å². The second-order valence-corrected chi connectivity index (χ2v) is 4.93. The smallest absolute Gasteiger partial charge is 0.346 e. The number of hydrogen-bond acceptors (Lipinski definition) is 3. The van der Waals surface area contributed by atoms with Crippen molar-refractivity contribution in [3.63, 3.8) is 0 Å². The van der Waals surface area contributed by atoms with Crippen molar-refractivity contribution in [2.45, 2.75) is 12.7 Å². The Morgan fingerprint density at radius 3 is 2.67 bits per heavy atom. The van der Waals surface area contributed by atoms with E-state index in [9.17, 15) is 18.0 Å². The number of hydrogen-bond donors (Lipinski definition) is 1. The third-order valence-corrected chi connectivity index (χ3v) is 3.30. The van der Waals surface area contributed by atoms with Crippen LogP contribution in [0.2, 0.25) is 0 Å². The molecule has 0 radical (unpaired) electrons. The largest absolute Gasteiger partial charge is 0.416 e. The minimum atomic E-state index is -4.50. The molecule has 1 aromatic heterocycles. The number of rotatable bonds is 3. The summed E-state index contributed by atoms with van der Waals surface area (Å²) in [6, 6.07) is 4.51. The van der Waals surface area contributed by atoms with Crippen molar-refractivity contribution < 1.29 is 18.0 Å². The number of amides is 1. The normalized spacial score (nSPS) is 11.2. The van der Waals surface area contributed by atoms with Crippen molar-refractivity contribution in [3.8, 4) is 0 Å². The predicted octanol–water partition coefficient (Wildman–Crippen LogP) is 3.19. The van der Waals surface area contributed by atoms with E-state index >= 15 is 0 Å². The molecule has 1 aromatic carbocycles. The van der Waals surface area contributed by atoms with Crippen molar-refractivity contribution in [1.82, 2.24) is 15.3 Å². The summed E-state index contributed by atoms with van der Waals surface area (Å²) in [7, 11) is 0. The van der Waals surface area contributed by atoms with Crippen LogP contribution < -0.4 is 5.32 Å². The fraction of sp³-hybridized carbons (Fsp3) is 0.154. The van der Waals surface area contributed by atoms with Gasteiger partial charge in [0.1, 0.15) is 6.33 Å². The van der Waals surface area contributed by atoms with Gasteiger partial charge in [-0.2, -0.15) is 13.2 Å². The molecule has 21 heavy (non-hydrogen) atoms. The van der Waals surface area contributed by atoms with Gasteiger partial charge in [-0.15, -0.1) is 0 Å². The van der Waals surface area contributed by atoms with E-state index in [1.54, 1.807) is 6.07 Å². The molecule has 0 fully saturated rings. The number of carbonyl (C=O) groups is 1. The Labute approximate surface area is 126 Å². The van der Waals surface area contributed by atoms with Gasteiger partial charge < -0.3 is 5.32 Å². The monoisotopic (exact) mass is 359 g/mol. The first-order valence-corrected chi connectivity index (χ1v) is 6.57. The zero-order valence-electron chi connectivity index (χ0n) is 10.5. The number of halogens is 4. The fourth-order valence-electron chi connectivity index (χ4n) is 1.56. The summed E-state index contributed by atoms with van der Waals surface area (Å²) in [6.07, 6.45) is -1.67. The lowest BCUT2D eigenvalue weighted by Crippen LogP contribution is -2.24. The molecule has 0 aliphatic carbocycles. The maximum atomic E-state index is 12.6. The van der Waals surface area contributed by atoms with E-state index in [1.807, 2.05) is 0 Å². The summed E-state index contributed by atoms with van der Waals surface area (Å²) in [5, 5.41) is 2.51. The van der Waals surface area contributed by atoms with E-state index in [0.717, 1.165) is 12.1 Å². The second kappa shape index (κ2) is 6.21. The molecule has 4 nitrogen and oxygen atoms in total. The maximum absolute atomic E-state index is 12.6. The predicted molar refractivity (Wildman–Crippen MR) is 72.3 cm³/mol. The van der Waals surface area contributed by atoms with Crippen molar-refractivity contribution in [2.24, 2.45) is 0 Å². The molecule has 0 saturated carbocycles. The highest BCUT2D eigenvalue weighted by Crippen LogP contribution is 2.31. The second-order valence-electron chi connectivity index (χ2n) is 4.08. The highest BCUT2D eigenvalue weighted by atomic mass is 79.9. The molecular weight excluding hydrogens is 351 g/mol. The van der Waals surface area contributed by atoms with Gasteiger partial charge in [-0.1, -0.05) is 0 Å². The molecule has 1 N–H and O–H groups in total. The molecule has 0 bridgehead atoms. The topological polar surface area (TPSA) is 54.9 Å². The highest BCUT2D eigenvalue weighted by molar-refractivity contribution is 9.10. The van der Waals surface area contributed by atoms with Gasteiger partial charge in [0.15, 0.2) is 0 Å². The van der Waals surface area contributed by atoms with Crippen molar-refractivity contribution in [1.29, 1.82) is 0 Å². The van der Waals surface area contributed by atoms with Gasteiger partial charge >= 0.3 is 6.18 Å². The number of aromatic nitrogens is 2. The van der Waals surface area contributed by atoms with Crippen LogP contribution in [0.3, 0.4) is 0 Å². The SMILES string of the molecule is O=C(NCc1ccncn1)c1cc(C(F)(F)F)ccc1Br. The number of nitrogens with one attached hydrogen (secondary N) is 1. The molecule has 0 aliphatic heterocycles. The third kappa shape index (κ3) is 4.01. The standard InChI is InChI=1S/C13H9BrF3N3O/c14-11-2-1-8(13(15,16)17)5-10(11)12(21)19-6-9-3-4-18-7-20-9/h1-5,7H,6H2,(H,19,21). The zero-order valence-corrected chi connectivity index (χ0v) is 12.1. The van der Waals surface area contributed by atoms with E-state index in [1.165, 1.54) is 18.6 Å². The lowest BCUT2D eigenvalue weighted by atomic mass is 10.1. The molecule has 1 heterocycles. The first-order valence-electron chi connectivity index (χ1n) is 5.78. The van der Waals surface area contributed by atoms with Crippen molar-refractivity contribution in [3.05, 3.63) is 58.1 Å².